The van der Waals surface area contributed by atoms with Gasteiger partial charge in [-0.15, -0.1) is 0 Å². The summed E-state index contributed by atoms with van der Waals surface area (Å²) in [6.45, 7) is 4.35. The first-order valence-electron chi connectivity index (χ1n) is 5.25. The normalized spacial score (nSPS) is 16.8. The molecule has 0 aromatic carbocycles. The number of pyridine rings is 1. The first kappa shape index (κ1) is 9.38. The highest BCUT2D eigenvalue weighted by Crippen LogP contribution is 2.23. The van der Waals surface area contributed by atoms with Crippen LogP contribution < -0.4 is 0 Å². The Hall–Kier alpha value is -1.18. The Morgan fingerprint density at radius 1 is 1.43 bits per heavy atom. The molecule has 1 aromatic heterocycles. The van der Waals surface area contributed by atoms with Gasteiger partial charge in [0.15, 0.2) is 0 Å². The van der Waals surface area contributed by atoms with Crippen LogP contribution in [0.25, 0.3) is 0 Å². The second kappa shape index (κ2) is 3.91. The van der Waals surface area contributed by atoms with E-state index >= 15 is 0 Å². The molecule has 1 saturated carbocycles. The lowest BCUT2D eigenvalue weighted by atomic mass is 10.1. The van der Waals surface area contributed by atoms with Gasteiger partial charge in [0.2, 0.25) is 0 Å². The van der Waals surface area contributed by atoms with Crippen molar-refractivity contribution < 1.29 is 0 Å². The summed E-state index contributed by atoms with van der Waals surface area (Å²) < 4.78 is 0. The lowest BCUT2D eigenvalue weighted by Gasteiger charge is -2.03. The van der Waals surface area contributed by atoms with E-state index in [9.17, 15) is 0 Å². The largest absolute Gasteiger partial charge is 0.288 e. The third kappa shape index (κ3) is 2.41. The second-order valence-electron chi connectivity index (χ2n) is 4.18. The van der Waals surface area contributed by atoms with Crippen LogP contribution in [-0.4, -0.2) is 17.2 Å². The molecule has 2 nitrogen and oxygen atoms in total. The molecule has 0 unspecified atom stereocenters. The average Bonchev–Trinajstić information content (AvgIpc) is 2.99. The third-order valence-corrected chi connectivity index (χ3v) is 2.44. The summed E-state index contributed by atoms with van der Waals surface area (Å²) in [5, 5.41) is 0. The summed E-state index contributed by atoms with van der Waals surface area (Å²) in [5.41, 5.74) is 2.26. The fourth-order valence-electron chi connectivity index (χ4n) is 1.24. The number of aliphatic imine (C=N–C) groups is 1. The first-order valence-corrected chi connectivity index (χ1v) is 5.25. The number of rotatable bonds is 3. The monoisotopic (exact) mass is 188 g/mol. The minimum Gasteiger partial charge on any atom is -0.288 e. The molecule has 1 heterocycles. The zero-order valence-electron chi connectivity index (χ0n) is 8.77. The van der Waals surface area contributed by atoms with Gasteiger partial charge in [0.05, 0.1) is 11.7 Å². The highest BCUT2D eigenvalue weighted by atomic mass is 14.8. The molecule has 74 valence electrons. The van der Waals surface area contributed by atoms with Crippen LogP contribution in [0.3, 0.4) is 0 Å². The van der Waals surface area contributed by atoms with Crippen molar-refractivity contribution in [2.45, 2.75) is 38.6 Å². The molecule has 1 aromatic rings. The smallest absolute Gasteiger partial charge is 0.0808 e. The Morgan fingerprint density at radius 3 is 2.71 bits per heavy atom. The van der Waals surface area contributed by atoms with Gasteiger partial charge in [0, 0.05) is 12.4 Å². The fourth-order valence-corrected chi connectivity index (χ4v) is 1.24. The Morgan fingerprint density at radius 2 is 2.21 bits per heavy atom. The van der Waals surface area contributed by atoms with E-state index in [0.717, 1.165) is 5.69 Å². The predicted molar refractivity (Wildman–Crippen MR) is 58.9 cm³/mol. The maximum Gasteiger partial charge on any atom is 0.0808 e. The molecule has 0 amide bonds. The van der Waals surface area contributed by atoms with E-state index in [1.54, 1.807) is 0 Å². The van der Waals surface area contributed by atoms with E-state index in [2.05, 4.69) is 29.9 Å². The SMILES string of the molecule is CC(C)c1ccc(C=NC2CC2)nc1. The third-order valence-electron chi connectivity index (χ3n) is 2.44. The molecule has 1 aliphatic carbocycles. The summed E-state index contributed by atoms with van der Waals surface area (Å²) in [5.74, 6) is 0.553. The molecule has 0 bridgehead atoms. The van der Waals surface area contributed by atoms with E-state index < -0.39 is 0 Å². The molecule has 0 spiro atoms. The van der Waals surface area contributed by atoms with E-state index in [0.29, 0.717) is 12.0 Å². The standard InChI is InChI=1S/C12H16N2/c1-9(2)10-3-4-12(13-7-10)8-14-11-5-6-11/h3-4,7-9,11H,5-6H2,1-2H3. The predicted octanol–water partition coefficient (Wildman–Crippen LogP) is 2.79. The summed E-state index contributed by atoms with van der Waals surface area (Å²) in [6.07, 6.45) is 6.34. The summed E-state index contributed by atoms with van der Waals surface area (Å²) >= 11 is 0. The second-order valence-corrected chi connectivity index (χ2v) is 4.18. The quantitative estimate of drug-likeness (QED) is 0.669. The topological polar surface area (TPSA) is 25.2 Å². The van der Waals surface area contributed by atoms with E-state index in [1.807, 2.05) is 18.5 Å². The molecule has 0 radical (unpaired) electrons. The van der Waals surface area contributed by atoms with Gasteiger partial charge >= 0.3 is 0 Å². The minimum atomic E-state index is 0.553. The Labute approximate surface area is 85.1 Å². The van der Waals surface area contributed by atoms with Gasteiger partial charge in [-0.1, -0.05) is 19.9 Å². The van der Waals surface area contributed by atoms with Crippen LogP contribution in [-0.2, 0) is 0 Å². The summed E-state index contributed by atoms with van der Waals surface area (Å²) in [4.78, 5) is 8.74. The minimum absolute atomic E-state index is 0.553. The van der Waals surface area contributed by atoms with Crippen molar-refractivity contribution in [2.75, 3.05) is 0 Å². The number of aromatic nitrogens is 1. The van der Waals surface area contributed by atoms with Gasteiger partial charge in [-0.3, -0.25) is 9.98 Å². The molecule has 2 heteroatoms. The molecule has 1 fully saturated rings. The van der Waals surface area contributed by atoms with Crippen LogP contribution >= 0.6 is 0 Å². The van der Waals surface area contributed by atoms with E-state index in [4.69, 9.17) is 0 Å². The van der Waals surface area contributed by atoms with Crippen LogP contribution in [0.1, 0.15) is 43.9 Å². The van der Waals surface area contributed by atoms with Crippen molar-refractivity contribution in [3.8, 4) is 0 Å². The van der Waals surface area contributed by atoms with Gasteiger partial charge in [-0.25, -0.2) is 0 Å². The van der Waals surface area contributed by atoms with Crippen LogP contribution in [0.4, 0.5) is 0 Å². The number of hydrogen-bond acceptors (Lipinski definition) is 2. The Bertz CT molecular complexity index is 321. The van der Waals surface area contributed by atoms with Crippen molar-refractivity contribution in [3.05, 3.63) is 29.6 Å². The zero-order valence-corrected chi connectivity index (χ0v) is 8.77. The fraction of sp³-hybridized carbons (Fsp3) is 0.500. The van der Waals surface area contributed by atoms with Crippen molar-refractivity contribution in [2.24, 2.45) is 4.99 Å². The molecule has 2 rings (SSSR count). The maximum atomic E-state index is 4.39. The summed E-state index contributed by atoms with van der Waals surface area (Å²) in [6, 6.07) is 4.76. The number of hydrogen-bond donors (Lipinski definition) is 0. The molecule has 14 heavy (non-hydrogen) atoms. The van der Waals surface area contributed by atoms with Gasteiger partial charge in [0.1, 0.15) is 0 Å². The van der Waals surface area contributed by atoms with Gasteiger partial charge in [0.25, 0.3) is 0 Å². The van der Waals surface area contributed by atoms with Crippen LogP contribution in [0.5, 0.6) is 0 Å². The van der Waals surface area contributed by atoms with Crippen molar-refractivity contribution in [1.29, 1.82) is 0 Å². The van der Waals surface area contributed by atoms with Crippen molar-refractivity contribution in [1.82, 2.24) is 4.98 Å². The van der Waals surface area contributed by atoms with Gasteiger partial charge in [-0.05, 0) is 30.4 Å². The van der Waals surface area contributed by atoms with Crippen LogP contribution in [0.2, 0.25) is 0 Å². The Kier molecular flexibility index (Phi) is 2.62. The average molecular weight is 188 g/mol. The van der Waals surface area contributed by atoms with Crippen LogP contribution in [0, 0.1) is 0 Å². The molecule has 0 atom stereocenters. The van der Waals surface area contributed by atoms with Crippen molar-refractivity contribution in [3.63, 3.8) is 0 Å². The van der Waals surface area contributed by atoms with E-state index in [1.165, 1.54) is 18.4 Å². The highest BCUT2D eigenvalue weighted by Gasteiger charge is 2.18. The zero-order chi connectivity index (χ0) is 9.97. The van der Waals surface area contributed by atoms with E-state index in [-0.39, 0.29) is 0 Å². The van der Waals surface area contributed by atoms with Gasteiger partial charge in [-0.2, -0.15) is 0 Å². The molecular weight excluding hydrogens is 172 g/mol. The van der Waals surface area contributed by atoms with Gasteiger partial charge < -0.3 is 0 Å². The highest BCUT2D eigenvalue weighted by molar-refractivity contribution is 5.77. The lowest BCUT2D eigenvalue weighted by molar-refractivity contribution is 0.857. The summed E-state index contributed by atoms with van der Waals surface area (Å²) in [7, 11) is 0. The molecule has 0 saturated heterocycles. The van der Waals surface area contributed by atoms with Crippen molar-refractivity contribution >= 4 is 6.21 Å². The number of nitrogens with zero attached hydrogens (tertiary/aromatic N) is 2. The molecule has 0 aliphatic heterocycles. The molecular formula is C12H16N2. The first-order chi connectivity index (χ1) is 6.75. The molecule has 1 aliphatic rings. The maximum absolute atomic E-state index is 4.39. The Balaban J connectivity index is 2.05. The van der Waals surface area contributed by atoms with Crippen LogP contribution in [0.15, 0.2) is 23.3 Å². The lowest BCUT2D eigenvalue weighted by Crippen LogP contribution is -1.92. The molecule has 0 N–H and O–H groups in total.